The van der Waals surface area contributed by atoms with E-state index in [2.05, 4.69) is 4.98 Å². The number of nitrogens with zero attached hydrogens (tertiary/aromatic N) is 2. The minimum atomic E-state index is -0.281. The first-order chi connectivity index (χ1) is 15.1. The van der Waals surface area contributed by atoms with Crippen molar-refractivity contribution in [1.82, 2.24) is 9.88 Å². The maximum absolute atomic E-state index is 13.1. The SMILES string of the molecule is O=C(COc1ccc(Cl)c2cccnc12)N1C2CCC1CC(Oc1ccc(F)cc1)C2. The Bertz CT molecular complexity index is 1090. The second-order valence-corrected chi connectivity index (χ2v) is 8.49. The monoisotopic (exact) mass is 440 g/mol. The quantitative estimate of drug-likeness (QED) is 0.559. The number of pyridine rings is 1. The van der Waals surface area contributed by atoms with Gasteiger partial charge in [0.1, 0.15) is 28.9 Å². The van der Waals surface area contributed by atoms with Crippen LogP contribution in [0.4, 0.5) is 4.39 Å². The molecule has 1 amide bonds. The van der Waals surface area contributed by atoms with Gasteiger partial charge in [-0.25, -0.2) is 4.39 Å². The molecule has 3 heterocycles. The van der Waals surface area contributed by atoms with Crippen LogP contribution in [0.25, 0.3) is 10.9 Å². The van der Waals surface area contributed by atoms with Crippen LogP contribution in [0.3, 0.4) is 0 Å². The van der Waals surface area contributed by atoms with Crippen LogP contribution < -0.4 is 9.47 Å². The average Bonchev–Trinajstić information content (AvgIpc) is 3.05. The maximum atomic E-state index is 13.1. The Balaban J connectivity index is 1.23. The Labute approximate surface area is 184 Å². The fourth-order valence-electron chi connectivity index (χ4n) is 4.78. The molecule has 5 nitrogen and oxygen atoms in total. The summed E-state index contributed by atoms with van der Waals surface area (Å²) in [6, 6.07) is 13.6. The smallest absolute Gasteiger partial charge is 0.261 e. The molecule has 2 saturated heterocycles. The van der Waals surface area contributed by atoms with E-state index >= 15 is 0 Å². The van der Waals surface area contributed by atoms with Gasteiger partial charge in [-0.2, -0.15) is 0 Å². The number of halogens is 2. The van der Waals surface area contributed by atoms with Crippen molar-refractivity contribution in [1.29, 1.82) is 0 Å². The van der Waals surface area contributed by atoms with E-state index in [9.17, 15) is 9.18 Å². The molecule has 2 aliphatic rings. The summed E-state index contributed by atoms with van der Waals surface area (Å²) < 4.78 is 25.0. The summed E-state index contributed by atoms with van der Waals surface area (Å²) in [5.74, 6) is 0.912. The minimum absolute atomic E-state index is 0.0215. The Morgan fingerprint density at radius 1 is 1.10 bits per heavy atom. The predicted molar refractivity (Wildman–Crippen MR) is 116 cm³/mol. The molecule has 2 aliphatic heterocycles. The first kappa shape index (κ1) is 20.1. The van der Waals surface area contributed by atoms with Gasteiger partial charge in [-0.3, -0.25) is 9.78 Å². The van der Waals surface area contributed by atoms with E-state index in [1.165, 1.54) is 12.1 Å². The van der Waals surface area contributed by atoms with E-state index in [-0.39, 0.29) is 36.5 Å². The number of amides is 1. The number of piperidine rings is 1. The molecule has 0 saturated carbocycles. The molecule has 1 aromatic heterocycles. The number of ether oxygens (including phenoxy) is 2. The predicted octanol–water partition coefficient (Wildman–Crippen LogP) is 5.01. The molecule has 2 unspecified atom stereocenters. The highest BCUT2D eigenvalue weighted by Gasteiger charge is 2.44. The lowest BCUT2D eigenvalue weighted by Crippen LogP contribution is -2.50. The first-order valence-electron chi connectivity index (χ1n) is 10.5. The Morgan fingerprint density at radius 2 is 1.84 bits per heavy atom. The number of carbonyl (C=O) groups is 1. The molecule has 31 heavy (non-hydrogen) atoms. The molecule has 2 fully saturated rings. The van der Waals surface area contributed by atoms with Crippen molar-refractivity contribution in [3.63, 3.8) is 0 Å². The van der Waals surface area contributed by atoms with Crippen LogP contribution in [0, 0.1) is 5.82 Å². The van der Waals surface area contributed by atoms with Crippen molar-refractivity contribution in [3.05, 3.63) is 65.6 Å². The number of rotatable bonds is 5. The number of fused-ring (bicyclic) bond motifs is 3. The topological polar surface area (TPSA) is 51.7 Å². The van der Waals surface area contributed by atoms with Crippen LogP contribution in [0.2, 0.25) is 5.02 Å². The molecular weight excluding hydrogens is 419 g/mol. The number of benzene rings is 2. The first-order valence-corrected chi connectivity index (χ1v) is 10.9. The lowest BCUT2D eigenvalue weighted by Gasteiger charge is -2.38. The Morgan fingerprint density at radius 3 is 2.58 bits per heavy atom. The minimum Gasteiger partial charge on any atom is -0.490 e. The summed E-state index contributed by atoms with van der Waals surface area (Å²) in [7, 11) is 0. The molecule has 2 atom stereocenters. The number of carbonyl (C=O) groups excluding carboxylic acids is 1. The van der Waals surface area contributed by atoms with Crippen molar-refractivity contribution >= 4 is 28.4 Å². The van der Waals surface area contributed by atoms with Crippen molar-refractivity contribution in [2.24, 2.45) is 0 Å². The third-order valence-electron chi connectivity index (χ3n) is 6.12. The van der Waals surface area contributed by atoms with E-state index in [1.54, 1.807) is 30.5 Å². The second-order valence-electron chi connectivity index (χ2n) is 8.08. The van der Waals surface area contributed by atoms with Gasteiger partial charge >= 0.3 is 0 Å². The van der Waals surface area contributed by atoms with Crippen molar-refractivity contribution in [2.45, 2.75) is 43.9 Å². The molecule has 0 radical (unpaired) electrons. The van der Waals surface area contributed by atoms with Crippen LogP contribution in [0.1, 0.15) is 25.7 Å². The molecule has 7 heteroatoms. The fraction of sp³-hybridized carbons (Fsp3) is 0.333. The van der Waals surface area contributed by atoms with E-state index in [0.717, 1.165) is 31.1 Å². The Kier molecular flexibility index (Phi) is 5.40. The summed E-state index contributed by atoms with van der Waals surface area (Å²) in [4.78, 5) is 19.3. The molecule has 5 rings (SSSR count). The highest BCUT2D eigenvalue weighted by Crippen LogP contribution is 2.37. The summed E-state index contributed by atoms with van der Waals surface area (Å²) >= 11 is 6.24. The average molecular weight is 441 g/mol. The normalized spacial score (nSPS) is 22.5. The van der Waals surface area contributed by atoms with E-state index < -0.39 is 0 Å². The van der Waals surface area contributed by atoms with E-state index in [1.807, 2.05) is 17.0 Å². The molecule has 0 aliphatic carbocycles. The lowest BCUT2D eigenvalue weighted by atomic mass is 9.99. The molecule has 2 aromatic carbocycles. The summed E-state index contributed by atoms with van der Waals surface area (Å²) in [6.07, 6.45) is 5.17. The van der Waals surface area contributed by atoms with Crippen LogP contribution >= 0.6 is 11.6 Å². The third kappa shape index (κ3) is 4.04. The summed E-state index contributed by atoms with van der Waals surface area (Å²) in [5, 5.41) is 1.40. The molecular formula is C24H22ClFN2O3. The summed E-state index contributed by atoms with van der Waals surface area (Å²) in [5.41, 5.74) is 0.650. The molecule has 2 bridgehead atoms. The molecule has 0 N–H and O–H groups in total. The Hall–Kier alpha value is -2.86. The van der Waals surface area contributed by atoms with Crippen LogP contribution in [0.15, 0.2) is 54.7 Å². The van der Waals surface area contributed by atoms with Crippen LogP contribution in [0.5, 0.6) is 11.5 Å². The van der Waals surface area contributed by atoms with Crippen molar-refractivity contribution < 1.29 is 18.7 Å². The highest BCUT2D eigenvalue weighted by molar-refractivity contribution is 6.35. The molecule has 160 valence electrons. The summed E-state index contributed by atoms with van der Waals surface area (Å²) in [6.45, 7) is -0.0379. The zero-order valence-electron chi connectivity index (χ0n) is 16.8. The van der Waals surface area contributed by atoms with Gasteiger partial charge in [0.2, 0.25) is 0 Å². The lowest BCUT2D eigenvalue weighted by molar-refractivity contribution is -0.139. The van der Waals surface area contributed by atoms with Crippen molar-refractivity contribution in [3.8, 4) is 11.5 Å². The standard InChI is InChI=1S/C24H22ClFN2O3/c25-21-9-10-22(24-20(21)2-1-11-27-24)30-14-23(29)28-16-5-6-17(28)13-19(12-16)31-18-7-3-15(26)4-8-18/h1-4,7-11,16-17,19H,5-6,12-14H2. The second kappa shape index (κ2) is 8.35. The third-order valence-corrected chi connectivity index (χ3v) is 6.45. The van der Waals surface area contributed by atoms with E-state index in [0.29, 0.717) is 22.0 Å². The van der Waals surface area contributed by atoms with Gasteiger partial charge in [-0.15, -0.1) is 0 Å². The van der Waals surface area contributed by atoms with Gasteiger partial charge in [0.25, 0.3) is 5.91 Å². The van der Waals surface area contributed by atoms with Crippen LogP contribution in [-0.4, -0.2) is 40.6 Å². The van der Waals surface area contributed by atoms with Gasteiger partial charge in [0.05, 0.1) is 5.02 Å². The largest absolute Gasteiger partial charge is 0.490 e. The highest BCUT2D eigenvalue weighted by atomic mass is 35.5. The van der Waals surface area contributed by atoms with Gasteiger partial charge < -0.3 is 14.4 Å². The maximum Gasteiger partial charge on any atom is 0.261 e. The van der Waals surface area contributed by atoms with Gasteiger partial charge in [-0.05, 0) is 61.4 Å². The van der Waals surface area contributed by atoms with E-state index in [4.69, 9.17) is 21.1 Å². The van der Waals surface area contributed by atoms with Crippen molar-refractivity contribution in [2.75, 3.05) is 6.61 Å². The number of aromatic nitrogens is 1. The zero-order chi connectivity index (χ0) is 21.4. The van der Waals surface area contributed by atoms with Crippen LogP contribution in [-0.2, 0) is 4.79 Å². The van der Waals surface area contributed by atoms with Gasteiger partial charge in [0.15, 0.2) is 6.61 Å². The fourth-order valence-corrected chi connectivity index (χ4v) is 4.99. The van der Waals surface area contributed by atoms with Gasteiger partial charge in [-0.1, -0.05) is 11.6 Å². The molecule has 3 aromatic rings. The zero-order valence-corrected chi connectivity index (χ0v) is 17.6. The van der Waals surface area contributed by atoms with Gasteiger partial charge in [0, 0.05) is 36.5 Å². The number of hydrogen-bond acceptors (Lipinski definition) is 4. The molecule has 0 spiro atoms. The number of hydrogen-bond donors (Lipinski definition) is 0.